The van der Waals surface area contributed by atoms with Gasteiger partial charge in [-0.2, -0.15) is 5.26 Å². The van der Waals surface area contributed by atoms with Gasteiger partial charge in [-0.05, 0) is 70.9 Å². The standard InChI is InChI=1S/C29H24N2O/c1-29(2,3)17-19-12-13-31-26(15-19)25-9-5-8-24-23-11-10-22(16-27(23)32-28(24)25)21-7-4-6-20(14-21)18-30/h4-16H,17H2,1-3H3/i17D2. The number of nitrogens with zero attached hydrogens (tertiary/aromatic N) is 2. The third-order valence-corrected chi connectivity index (χ3v) is 5.38. The van der Waals surface area contributed by atoms with E-state index >= 15 is 0 Å². The number of fused-ring (bicyclic) bond motifs is 3. The first kappa shape index (κ1) is 17.7. The van der Waals surface area contributed by atoms with Gasteiger partial charge in [-0.15, -0.1) is 0 Å². The molecule has 0 spiro atoms. The van der Waals surface area contributed by atoms with Gasteiger partial charge in [-0.3, -0.25) is 4.98 Å². The summed E-state index contributed by atoms with van der Waals surface area (Å²) in [6.45, 7) is 5.70. The molecular formula is C29H24N2O. The Kier molecular flexibility index (Phi) is 4.25. The lowest BCUT2D eigenvalue weighted by Gasteiger charge is -2.18. The summed E-state index contributed by atoms with van der Waals surface area (Å²) in [6, 6.07) is 25.3. The van der Waals surface area contributed by atoms with Crippen molar-refractivity contribution in [3.05, 3.63) is 90.1 Å². The molecule has 3 heteroatoms. The zero-order valence-corrected chi connectivity index (χ0v) is 18.3. The molecule has 0 N–H and O–H groups in total. The predicted octanol–water partition coefficient (Wildman–Crippen LogP) is 7.78. The van der Waals surface area contributed by atoms with E-state index in [-0.39, 0.29) is 0 Å². The highest BCUT2D eigenvalue weighted by Crippen LogP contribution is 2.37. The highest BCUT2D eigenvalue weighted by atomic mass is 16.3. The van der Waals surface area contributed by atoms with Gasteiger partial charge in [-0.1, -0.05) is 51.1 Å². The Morgan fingerprint density at radius 2 is 1.75 bits per heavy atom. The molecule has 3 aromatic carbocycles. The Labute approximate surface area is 190 Å². The largest absolute Gasteiger partial charge is 0.455 e. The van der Waals surface area contributed by atoms with E-state index in [2.05, 4.69) is 11.1 Å². The second-order valence-corrected chi connectivity index (χ2v) is 8.99. The van der Waals surface area contributed by atoms with Crippen LogP contribution in [-0.2, 0) is 6.37 Å². The molecule has 3 nitrogen and oxygen atoms in total. The highest BCUT2D eigenvalue weighted by Gasteiger charge is 2.16. The molecule has 0 bridgehead atoms. The molecule has 0 unspecified atom stereocenters. The van der Waals surface area contributed by atoms with Crippen molar-refractivity contribution < 1.29 is 7.16 Å². The van der Waals surface area contributed by atoms with Crippen LogP contribution in [0.5, 0.6) is 0 Å². The molecular weight excluding hydrogens is 392 g/mol. The average molecular weight is 419 g/mol. The third kappa shape index (κ3) is 3.76. The van der Waals surface area contributed by atoms with Gasteiger partial charge in [0.2, 0.25) is 0 Å². The van der Waals surface area contributed by atoms with Crippen LogP contribution in [0.3, 0.4) is 0 Å². The van der Waals surface area contributed by atoms with E-state index < -0.39 is 11.8 Å². The SMILES string of the molecule is [2H]C([2H])(c1ccnc(-c2cccc3c2oc2cc(-c4cccc(C#N)c4)ccc23)c1)C(C)(C)C. The lowest BCUT2D eigenvalue weighted by atomic mass is 9.88. The molecule has 0 atom stereocenters. The van der Waals surface area contributed by atoms with E-state index in [0.717, 1.165) is 38.6 Å². The van der Waals surface area contributed by atoms with Crippen LogP contribution < -0.4 is 0 Å². The maximum absolute atomic E-state index is 9.23. The van der Waals surface area contributed by atoms with Crippen molar-refractivity contribution in [2.45, 2.75) is 27.1 Å². The first-order valence-electron chi connectivity index (χ1n) is 11.6. The first-order valence-corrected chi connectivity index (χ1v) is 10.6. The van der Waals surface area contributed by atoms with Crippen LogP contribution in [0.4, 0.5) is 0 Å². The zero-order valence-electron chi connectivity index (χ0n) is 20.3. The molecule has 0 fully saturated rings. The number of nitriles is 1. The molecule has 32 heavy (non-hydrogen) atoms. The van der Waals surface area contributed by atoms with Crippen LogP contribution in [0.15, 0.2) is 83.4 Å². The van der Waals surface area contributed by atoms with E-state index in [1.165, 1.54) is 0 Å². The van der Waals surface area contributed by atoms with Crippen molar-refractivity contribution >= 4 is 21.9 Å². The number of furan rings is 1. The molecule has 0 saturated heterocycles. The van der Waals surface area contributed by atoms with E-state index in [4.69, 9.17) is 7.16 Å². The van der Waals surface area contributed by atoms with Crippen molar-refractivity contribution in [1.82, 2.24) is 4.98 Å². The summed E-state index contributed by atoms with van der Waals surface area (Å²) in [5.41, 5.74) is 5.57. The summed E-state index contributed by atoms with van der Waals surface area (Å²) >= 11 is 0. The number of pyridine rings is 1. The summed E-state index contributed by atoms with van der Waals surface area (Å²) in [6.07, 6.45) is 0.148. The zero-order chi connectivity index (χ0) is 24.1. The quantitative estimate of drug-likeness (QED) is 0.301. The van der Waals surface area contributed by atoms with Gasteiger partial charge < -0.3 is 4.42 Å². The molecule has 5 aromatic rings. The monoisotopic (exact) mass is 418 g/mol. The van der Waals surface area contributed by atoms with Gasteiger partial charge in [0.05, 0.1) is 17.3 Å². The Hall–Kier alpha value is -3.90. The summed E-state index contributed by atoms with van der Waals surface area (Å²) < 4.78 is 23.7. The molecule has 2 heterocycles. The van der Waals surface area contributed by atoms with E-state index in [9.17, 15) is 5.26 Å². The van der Waals surface area contributed by atoms with Crippen LogP contribution >= 0.6 is 0 Å². The predicted molar refractivity (Wildman–Crippen MR) is 130 cm³/mol. The van der Waals surface area contributed by atoms with Crippen LogP contribution in [-0.4, -0.2) is 4.98 Å². The molecule has 0 aliphatic heterocycles. The molecule has 0 amide bonds. The first-order chi connectivity index (χ1) is 16.2. The third-order valence-electron chi connectivity index (χ3n) is 5.38. The topological polar surface area (TPSA) is 49.8 Å². The Morgan fingerprint density at radius 3 is 2.56 bits per heavy atom. The van der Waals surface area contributed by atoms with Crippen LogP contribution in [0, 0.1) is 16.7 Å². The van der Waals surface area contributed by atoms with Crippen LogP contribution in [0.2, 0.25) is 0 Å². The van der Waals surface area contributed by atoms with E-state index in [1.54, 1.807) is 18.3 Å². The molecule has 0 aliphatic rings. The Balaban J connectivity index is 1.65. The molecule has 5 rings (SSSR count). The minimum Gasteiger partial charge on any atom is -0.455 e. The maximum atomic E-state index is 9.23. The second-order valence-electron chi connectivity index (χ2n) is 8.99. The minimum absolute atomic E-state index is 0.559. The summed E-state index contributed by atoms with van der Waals surface area (Å²) in [5, 5.41) is 11.2. The van der Waals surface area contributed by atoms with Gasteiger partial charge >= 0.3 is 0 Å². The molecule has 156 valence electrons. The van der Waals surface area contributed by atoms with Crippen molar-refractivity contribution in [3.63, 3.8) is 0 Å². The number of benzene rings is 3. The van der Waals surface area contributed by atoms with Gasteiger partial charge in [0, 0.05) is 25.3 Å². The smallest absolute Gasteiger partial charge is 0.144 e. The van der Waals surface area contributed by atoms with Crippen LogP contribution in [0.25, 0.3) is 44.3 Å². The minimum atomic E-state index is -1.51. The highest BCUT2D eigenvalue weighted by molar-refractivity contribution is 6.10. The number of rotatable bonds is 3. The normalized spacial score (nSPS) is 13.1. The fourth-order valence-electron chi connectivity index (χ4n) is 4.04. The van der Waals surface area contributed by atoms with Gasteiger partial charge in [0.15, 0.2) is 0 Å². The van der Waals surface area contributed by atoms with Crippen molar-refractivity contribution in [1.29, 1.82) is 5.26 Å². The average Bonchev–Trinajstić information content (AvgIpc) is 3.21. The summed E-state index contributed by atoms with van der Waals surface area (Å²) in [4.78, 5) is 4.55. The fraction of sp³-hybridized carbons (Fsp3) is 0.172. The summed E-state index contributed by atoms with van der Waals surface area (Å²) in [7, 11) is 0. The van der Waals surface area contributed by atoms with E-state index in [0.29, 0.717) is 16.8 Å². The molecule has 0 saturated carbocycles. The second kappa shape index (κ2) is 7.66. The number of hydrogen-bond donors (Lipinski definition) is 0. The maximum Gasteiger partial charge on any atom is 0.144 e. The number of para-hydroxylation sites is 1. The lowest BCUT2D eigenvalue weighted by Crippen LogP contribution is -2.09. The Morgan fingerprint density at radius 1 is 0.938 bits per heavy atom. The lowest BCUT2D eigenvalue weighted by molar-refractivity contribution is 0.411. The van der Waals surface area contributed by atoms with Gasteiger partial charge in [0.1, 0.15) is 11.2 Å². The molecule has 0 aliphatic carbocycles. The fourth-order valence-corrected chi connectivity index (χ4v) is 4.04. The van der Waals surface area contributed by atoms with Gasteiger partial charge in [0.25, 0.3) is 0 Å². The molecule has 2 aromatic heterocycles. The number of hydrogen-bond acceptors (Lipinski definition) is 3. The van der Waals surface area contributed by atoms with Gasteiger partial charge in [-0.25, -0.2) is 0 Å². The molecule has 0 radical (unpaired) electrons. The van der Waals surface area contributed by atoms with Crippen LogP contribution in [0.1, 0.15) is 34.6 Å². The van der Waals surface area contributed by atoms with E-state index in [1.807, 2.05) is 81.4 Å². The summed E-state index contributed by atoms with van der Waals surface area (Å²) in [5.74, 6) is 0. The van der Waals surface area contributed by atoms with Crippen molar-refractivity contribution in [3.8, 4) is 28.5 Å². The van der Waals surface area contributed by atoms with Crippen molar-refractivity contribution in [2.75, 3.05) is 0 Å². The Bertz CT molecular complexity index is 1590. The number of aromatic nitrogens is 1. The van der Waals surface area contributed by atoms with Crippen molar-refractivity contribution in [2.24, 2.45) is 5.41 Å².